The molecule has 6 fully saturated rings. The molecule has 0 heterocycles. The van der Waals surface area contributed by atoms with Gasteiger partial charge in [-0.15, -0.1) is 0 Å². The van der Waals surface area contributed by atoms with Crippen molar-refractivity contribution in [3.05, 3.63) is 110 Å². The summed E-state index contributed by atoms with van der Waals surface area (Å²) in [6, 6.07) is 9.28. The molecule has 578 valence electrons. The molecule has 12 aliphatic rings. The maximum Gasteiger partial charge on any atom is 0.331 e. The van der Waals surface area contributed by atoms with Gasteiger partial charge in [-0.25, -0.2) is 4.79 Å². The molecule has 3 spiro atoms. The van der Waals surface area contributed by atoms with Gasteiger partial charge in [-0.1, -0.05) is 206 Å². The molecule has 105 heavy (non-hydrogen) atoms. The first-order chi connectivity index (χ1) is 49.5. The first kappa shape index (κ1) is 80.5. The van der Waals surface area contributed by atoms with Gasteiger partial charge in [0, 0.05) is 38.2 Å². The summed E-state index contributed by atoms with van der Waals surface area (Å²) in [6.45, 7) is 27.1. The third kappa shape index (κ3) is 12.6. The van der Waals surface area contributed by atoms with Gasteiger partial charge < -0.3 is 60.2 Å². The molecule has 1 aromatic rings. The number of rotatable bonds is 22. The van der Waals surface area contributed by atoms with E-state index in [1.54, 1.807) is 45.1 Å². The first-order valence-electron chi connectivity index (χ1n) is 39.7. The second-order valence-electron chi connectivity index (χ2n) is 35.8. The largest absolute Gasteiger partial charge is 0.455 e. The van der Waals surface area contributed by atoms with E-state index in [4.69, 9.17) is 14.2 Å². The fourth-order valence-corrected chi connectivity index (χ4v) is 23.2. The Morgan fingerprint density at radius 1 is 0.457 bits per heavy atom. The van der Waals surface area contributed by atoms with Crippen LogP contribution >= 0.6 is 0 Å². The Labute approximate surface area is 622 Å². The molecule has 9 N–H and O–H groups in total. The highest BCUT2D eigenvalue weighted by atomic mass is 16.6. The molecule has 12 aliphatic carbocycles. The van der Waals surface area contributed by atoms with Crippen LogP contribution in [0.5, 0.6) is 0 Å². The summed E-state index contributed by atoms with van der Waals surface area (Å²) in [5.41, 5.74) is -4.65. The van der Waals surface area contributed by atoms with Gasteiger partial charge in [0.05, 0.1) is 36.1 Å². The van der Waals surface area contributed by atoms with E-state index in [1.165, 1.54) is 44.6 Å². The minimum absolute atomic E-state index is 0.0203. The Morgan fingerprint density at radius 2 is 0.752 bits per heavy atom. The SMILES string of the molecule is CC1=CC23C(=O)CC(=C(CO)C(O)C2(O)C1OC(=O)/C=C/c1ccccc1)C1C(CC3C)C1(C)C.CCCCCC(=O)OC1C(C)=CC23C(=O)CC(=C(CO)C(O)C12O)C1C(CC3C)C1(C)C.CCCCCCCCCCCC(=O)OC1C(C)=CC23C(=O)CC(=C(CO)C(O)C12O)C1C(CC3C)C1(C)C. The van der Waals surface area contributed by atoms with E-state index in [0.29, 0.717) is 58.1 Å². The summed E-state index contributed by atoms with van der Waals surface area (Å²) < 4.78 is 17.5. The van der Waals surface area contributed by atoms with E-state index < -0.39 is 107 Å². The van der Waals surface area contributed by atoms with E-state index in [1.807, 2.05) is 51.1 Å². The van der Waals surface area contributed by atoms with Crippen molar-refractivity contribution in [2.24, 2.45) is 85.8 Å². The van der Waals surface area contributed by atoms with Crippen molar-refractivity contribution in [2.75, 3.05) is 19.8 Å². The van der Waals surface area contributed by atoms with Crippen molar-refractivity contribution in [1.82, 2.24) is 0 Å². The van der Waals surface area contributed by atoms with Gasteiger partial charge in [-0.3, -0.25) is 24.0 Å². The average Bonchev–Trinajstić information content (AvgIpc) is 1.52. The summed E-state index contributed by atoms with van der Waals surface area (Å²) >= 11 is 0. The Hall–Kier alpha value is -5.54. The molecule has 13 rings (SSSR count). The third-order valence-electron chi connectivity index (χ3n) is 29.1. The Bertz CT molecular complexity index is 3790. The quantitative estimate of drug-likeness (QED) is 0.0171. The lowest BCUT2D eigenvalue weighted by Gasteiger charge is -2.48. The number of allylic oxidation sites excluding steroid dienone is 3. The van der Waals surface area contributed by atoms with Gasteiger partial charge in [-0.05, 0) is 167 Å². The molecular weight excluding hydrogens is 1330 g/mol. The zero-order valence-corrected chi connectivity index (χ0v) is 64.9. The lowest BCUT2D eigenvalue weighted by atomic mass is 9.59. The van der Waals surface area contributed by atoms with Crippen molar-refractivity contribution in [3.8, 4) is 0 Å². The number of esters is 3. The van der Waals surface area contributed by atoms with Crippen LogP contribution in [-0.4, -0.2) is 154 Å². The van der Waals surface area contributed by atoms with Gasteiger partial charge >= 0.3 is 17.9 Å². The highest BCUT2D eigenvalue weighted by Gasteiger charge is 2.78. The highest BCUT2D eigenvalue weighted by Crippen LogP contribution is 2.74. The number of carbonyl (C=O) groups excluding carboxylic acids is 6. The maximum atomic E-state index is 14.0. The number of ketones is 3. The number of hydrogen-bond donors (Lipinski definition) is 9. The van der Waals surface area contributed by atoms with Crippen molar-refractivity contribution < 1.29 is 88.9 Å². The summed E-state index contributed by atoms with van der Waals surface area (Å²) in [6.07, 6.45) is 15.9. The van der Waals surface area contributed by atoms with Crippen molar-refractivity contribution in [1.29, 1.82) is 0 Å². The summed E-state index contributed by atoms with van der Waals surface area (Å²) in [7, 11) is 0. The molecule has 1 aromatic carbocycles. The molecule has 0 radical (unpaired) electrons. The van der Waals surface area contributed by atoms with E-state index in [-0.39, 0.29) is 107 Å². The van der Waals surface area contributed by atoms with Crippen LogP contribution in [0.15, 0.2) is 105 Å². The van der Waals surface area contributed by atoms with E-state index in [0.717, 1.165) is 67.2 Å². The number of Topliss-reactive ketones (excluding diaryl/α,β-unsaturated/α-hetero) is 3. The molecular formula is C87H122O18. The van der Waals surface area contributed by atoms with Crippen LogP contribution in [0.4, 0.5) is 0 Å². The van der Waals surface area contributed by atoms with Crippen molar-refractivity contribution in [3.63, 3.8) is 0 Å². The van der Waals surface area contributed by atoms with E-state index >= 15 is 0 Å². The lowest BCUT2D eigenvalue weighted by molar-refractivity contribution is -0.203. The average molecular weight is 1460 g/mol. The molecule has 6 saturated carbocycles. The summed E-state index contributed by atoms with van der Waals surface area (Å²) in [5.74, 6) is -1.62. The number of hydrogen-bond acceptors (Lipinski definition) is 18. The number of fused-ring (bicyclic) bond motifs is 12. The zero-order valence-electron chi connectivity index (χ0n) is 64.9. The van der Waals surface area contributed by atoms with Gasteiger partial charge in [0.1, 0.15) is 35.7 Å². The number of benzene rings is 1. The maximum absolute atomic E-state index is 14.0. The molecule has 0 aliphatic heterocycles. The summed E-state index contributed by atoms with van der Waals surface area (Å²) in [4.78, 5) is 80.3. The number of aliphatic hydroxyl groups excluding tert-OH is 6. The third-order valence-corrected chi connectivity index (χ3v) is 29.1. The number of carbonyl (C=O) groups is 6. The van der Waals surface area contributed by atoms with Crippen LogP contribution in [0.25, 0.3) is 6.08 Å². The fraction of sp³-hybridized carbons (Fsp3) is 0.701. The lowest BCUT2D eigenvalue weighted by Crippen LogP contribution is -2.65. The van der Waals surface area contributed by atoms with Gasteiger partial charge in [0.2, 0.25) is 0 Å². The first-order valence-corrected chi connectivity index (χ1v) is 39.7. The van der Waals surface area contributed by atoms with Gasteiger partial charge in [0.15, 0.2) is 35.1 Å². The Morgan fingerprint density at radius 3 is 1.08 bits per heavy atom. The zero-order chi connectivity index (χ0) is 76.9. The Balaban J connectivity index is 0.000000158. The molecule has 0 saturated heterocycles. The highest BCUT2D eigenvalue weighted by molar-refractivity contribution is 5.96. The summed E-state index contributed by atoms with van der Waals surface area (Å²) in [5, 5.41) is 103. The van der Waals surface area contributed by atoms with Gasteiger partial charge in [-0.2, -0.15) is 0 Å². The van der Waals surface area contributed by atoms with Crippen LogP contribution in [0.1, 0.15) is 231 Å². The predicted octanol–water partition coefficient (Wildman–Crippen LogP) is 11.7. The van der Waals surface area contributed by atoms with E-state index in [2.05, 4.69) is 55.4 Å². The molecule has 0 aromatic heterocycles. The molecule has 21 atom stereocenters. The monoisotopic (exact) mass is 1450 g/mol. The molecule has 6 bridgehead atoms. The van der Waals surface area contributed by atoms with Crippen LogP contribution in [0.3, 0.4) is 0 Å². The Kier molecular flexibility index (Phi) is 22.8. The molecule has 18 heteroatoms. The fourth-order valence-electron chi connectivity index (χ4n) is 23.2. The van der Waals surface area contributed by atoms with Crippen LogP contribution in [0.2, 0.25) is 0 Å². The minimum atomic E-state index is -2.11. The smallest absolute Gasteiger partial charge is 0.331 e. The second kappa shape index (κ2) is 29.7. The van der Waals surface area contributed by atoms with Gasteiger partial charge in [0.25, 0.3) is 0 Å². The minimum Gasteiger partial charge on any atom is -0.455 e. The van der Waals surface area contributed by atoms with Crippen molar-refractivity contribution in [2.45, 2.75) is 279 Å². The second-order valence-corrected chi connectivity index (χ2v) is 35.8. The standard InChI is InChI=1S/C32H50O6.C29H34O6.C26H38O6/c1-6-7-8-9-10-11-12-13-14-15-26(35)38-29-20(2)18-31-21(3)16-24-27(30(24,4)5)22(17-25(31)34)23(19-33)28(36)32(29,31)37;1-16-14-28-17(2)12-21-24(27(21,3)4)19(13-22(28)31)20(15-30)25(33)29(28,34)26(16)35-23(32)11-10-18-8-6-5-7-9-18;1-6-7-8-9-20(29)32-23-14(2)12-25-15(3)10-18-21(24(18,4)5)16(11-19(25)28)17(13-27)22(30)26(23,25)31/h18,21,24,27-29,33,36-37H,6-17,19H2,1-5H3;5-11,14,17,21,24-26,30,33-34H,12-13,15H2,1-4H3;12,15,18,21-23,27,30-31H,6-11,13H2,1-5H3/b;11-10+;. The predicted molar refractivity (Wildman–Crippen MR) is 397 cm³/mol. The topological polar surface area (TPSA) is 312 Å². The van der Waals surface area contributed by atoms with Crippen LogP contribution in [0, 0.1) is 85.8 Å². The molecule has 21 unspecified atom stereocenters. The van der Waals surface area contributed by atoms with E-state index in [9.17, 15) is 74.7 Å². The molecule has 0 amide bonds. The normalized spacial score (nSPS) is 39.4. The number of aliphatic hydroxyl groups is 9. The molecule has 18 nitrogen and oxygen atoms in total. The van der Waals surface area contributed by atoms with Crippen molar-refractivity contribution >= 4 is 41.3 Å². The van der Waals surface area contributed by atoms with Crippen LogP contribution < -0.4 is 0 Å². The van der Waals surface area contributed by atoms with Crippen LogP contribution in [-0.2, 0) is 43.0 Å². The number of ether oxygens (including phenoxy) is 3. The number of unbranched alkanes of at least 4 members (excludes halogenated alkanes) is 10.